The molecule has 2 fully saturated rings. The van der Waals surface area contributed by atoms with Gasteiger partial charge < -0.3 is 19.7 Å². The number of fused-ring (bicyclic) bond motifs is 1. The van der Waals surface area contributed by atoms with E-state index < -0.39 is 11.9 Å². The first-order chi connectivity index (χ1) is 12.6. The van der Waals surface area contributed by atoms with Gasteiger partial charge in [-0.25, -0.2) is 0 Å². The van der Waals surface area contributed by atoms with Gasteiger partial charge in [0.1, 0.15) is 18.4 Å². The van der Waals surface area contributed by atoms with E-state index in [1.54, 1.807) is 12.1 Å². The number of carbonyl (C=O) groups excluding carboxylic acids is 3. The van der Waals surface area contributed by atoms with Gasteiger partial charge in [0.05, 0.1) is 19.3 Å². The van der Waals surface area contributed by atoms with Gasteiger partial charge in [0.25, 0.3) is 5.91 Å². The topological polar surface area (TPSA) is 97.0 Å². The first kappa shape index (κ1) is 17.0. The van der Waals surface area contributed by atoms with Crippen LogP contribution in [0.1, 0.15) is 28.8 Å². The molecule has 3 aliphatic heterocycles. The average Bonchev–Trinajstić information content (AvgIpc) is 2.97. The SMILES string of the molecule is O=C1CCC(N2Cc3cc(OC[C@@H]4COCCN4)ccc3C2=O)C(=O)N1. The maximum absolute atomic E-state index is 12.6. The number of nitrogens with one attached hydrogen (secondary N) is 2. The lowest BCUT2D eigenvalue weighted by molar-refractivity contribution is -0.136. The van der Waals surface area contributed by atoms with Crippen molar-refractivity contribution in [1.82, 2.24) is 15.5 Å². The van der Waals surface area contributed by atoms with Gasteiger partial charge in [0, 0.05) is 25.1 Å². The van der Waals surface area contributed by atoms with Gasteiger partial charge in [-0.15, -0.1) is 0 Å². The molecule has 0 bridgehead atoms. The van der Waals surface area contributed by atoms with Crippen LogP contribution in [0.15, 0.2) is 18.2 Å². The number of hydrogen-bond donors (Lipinski definition) is 2. The van der Waals surface area contributed by atoms with Gasteiger partial charge in [-0.2, -0.15) is 0 Å². The molecule has 0 radical (unpaired) electrons. The van der Waals surface area contributed by atoms with Crippen LogP contribution in [0.4, 0.5) is 0 Å². The van der Waals surface area contributed by atoms with Gasteiger partial charge in [-0.05, 0) is 30.2 Å². The van der Waals surface area contributed by atoms with Crippen molar-refractivity contribution in [2.75, 3.05) is 26.4 Å². The average molecular weight is 359 g/mol. The minimum Gasteiger partial charge on any atom is -0.492 e. The van der Waals surface area contributed by atoms with Crippen molar-refractivity contribution >= 4 is 17.7 Å². The summed E-state index contributed by atoms with van der Waals surface area (Å²) in [5.41, 5.74) is 1.42. The fourth-order valence-corrected chi connectivity index (χ4v) is 3.56. The van der Waals surface area contributed by atoms with E-state index in [1.807, 2.05) is 6.07 Å². The number of benzene rings is 1. The summed E-state index contributed by atoms with van der Waals surface area (Å²) in [5, 5.41) is 5.63. The van der Waals surface area contributed by atoms with Crippen molar-refractivity contribution in [3.05, 3.63) is 29.3 Å². The van der Waals surface area contributed by atoms with E-state index in [9.17, 15) is 14.4 Å². The first-order valence-corrected chi connectivity index (χ1v) is 8.83. The molecule has 1 aromatic rings. The van der Waals surface area contributed by atoms with Crippen molar-refractivity contribution in [2.45, 2.75) is 31.5 Å². The lowest BCUT2D eigenvalue weighted by Crippen LogP contribution is -2.52. The molecular weight excluding hydrogens is 338 g/mol. The zero-order chi connectivity index (χ0) is 18.1. The molecule has 1 aromatic carbocycles. The second-order valence-corrected chi connectivity index (χ2v) is 6.76. The monoisotopic (exact) mass is 359 g/mol. The molecule has 2 saturated heterocycles. The predicted molar refractivity (Wildman–Crippen MR) is 90.6 cm³/mol. The highest BCUT2D eigenvalue weighted by Gasteiger charge is 2.39. The molecule has 2 N–H and O–H groups in total. The van der Waals surface area contributed by atoms with Crippen LogP contribution in [-0.2, 0) is 20.9 Å². The number of rotatable bonds is 4. The minimum atomic E-state index is -0.597. The molecule has 1 unspecified atom stereocenters. The molecule has 26 heavy (non-hydrogen) atoms. The summed E-state index contributed by atoms with van der Waals surface area (Å²) in [4.78, 5) is 37.5. The molecule has 0 aromatic heterocycles. The molecule has 3 amide bonds. The third-order valence-corrected chi connectivity index (χ3v) is 4.94. The second kappa shape index (κ2) is 7.05. The van der Waals surface area contributed by atoms with Crippen molar-refractivity contribution < 1.29 is 23.9 Å². The molecule has 3 heterocycles. The standard InChI is InChI=1S/C18H21N3O5/c22-16-4-3-15(17(23)20-16)21-8-11-7-13(1-2-14(11)18(21)24)26-10-12-9-25-6-5-19-12/h1-2,7,12,15,19H,3-6,8-10H2,(H,20,22,23)/t12-,15?/m0/s1. The normalized spacial score (nSPS) is 25.8. The highest BCUT2D eigenvalue weighted by Crippen LogP contribution is 2.30. The predicted octanol–water partition coefficient (Wildman–Crippen LogP) is -0.185. The molecule has 0 saturated carbocycles. The highest BCUT2D eigenvalue weighted by atomic mass is 16.5. The van der Waals surface area contributed by atoms with Crippen molar-refractivity contribution in [3.8, 4) is 5.75 Å². The number of piperidine rings is 1. The number of carbonyl (C=O) groups is 3. The highest BCUT2D eigenvalue weighted by molar-refractivity contribution is 6.05. The molecule has 138 valence electrons. The Labute approximate surface area is 150 Å². The maximum Gasteiger partial charge on any atom is 0.255 e. The third-order valence-electron chi connectivity index (χ3n) is 4.94. The summed E-state index contributed by atoms with van der Waals surface area (Å²) in [6, 6.07) is 4.92. The summed E-state index contributed by atoms with van der Waals surface area (Å²) >= 11 is 0. The van der Waals surface area contributed by atoms with Crippen LogP contribution in [0, 0.1) is 0 Å². The van der Waals surface area contributed by atoms with Crippen LogP contribution in [0.5, 0.6) is 5.75 Å². The zero-order valence-electron chi connectivity index (χ0n) is 14.3. The smallest absolute Gasteiger partial charge is 0.255 e. The Morgan fingerprint density at radius 2 is 2.15 bits per heavy atom. The summed E-state index contributed by atoms with van der Waals surface area (Å²) < 4.78 is 11.2. The van der Waals surface area contributed by atoms with E-state index in [0.717, 1.165) is 12.1 Å². The Kier molecular flexibility index (Phi) is 4.60. The molecule has 4 rings (SSSR count). The van der Waals surface area contributed by atoms with Gasteiger partial charge in [-0.1, -0.05) is 0 Å². The van der Waals surface area contributed by atoms with E-state index in [-0.39, 0.29) is 24.3 Å². The van der Waals surface area contributed by atoms with Gasteiger partial charge in [-0.3, -0.25) is 19.7 Å². The zero-order valence-corrected chi connectivity index (χ0v) is 14.3. The molecule has 8 heteroatoms. The van der Waals surface area contributed by atoms with E-state index in [0.29, 0.717) is 44.1 Å². The van der Waals surface area contributed by atoms with Crippen LogP contribution in [0.25, 0.3) is 0 Å². The largest absolute Gasteiger partial charge is 0.492 e. The summed E-state index contributed by atoms with van der Waals surface area (Å²) in [7, 11) is 0. The number of hydrogen-bond acceptors (Lipinski definition) is 6. The van der Waals surface area contributed by atoms with Crippen LogP contribution in [-0.4, -0.2) is 61.1 Å². The second-order valence-electron chi connectivity index (χ2n) is 6.76. The fraction of sp³-hybridized carbons (Fsp3) is 0.500. The van der Waals surface area contributed by atoms with E-state index >= 15 is 0 Å². The third kappa shape index (κ3) is 3.30. The molecule has 2 atom stereocenters. The van der Waals surface area contributed by atoms with Gasteiger partial charge in [0.15, 0.2) is 0 Å². The number of morpholine rings is 1. The Hall–Kier alpha value is -2.45. The molecule has 8 nitrogen and oxygen atoms in total. The molecule has 0 spiro atoms. The van der Waals surface area contributed by atoms with E-state index in [1.165, 1.54) is 4.90 Å². The quantitative estimate of drug-likeness (QED) is 0.724. The van der Waals surface area contributed by atoms with Crippen molar-refractivity contribution in [2.24, 2.45) is 0 Å². The number of amides is 3. The lowest BCUT2D eigenvalue weighted by Gasteiger charge is -2.29. The van der Waals surface area contributed by atoms with Crippen molar-refractivity contribution in [1.29, 1.82) is 0 Å². The Morgan fingerprint density at radius 3 is 2.92 bits per heavy atom. The number of ether oxygens (including phenoxy) is 2. The van der Waals surface area contributed by atoms with Gasteiger partial charge >= 0.3 is 0 Å². The molecule has 0 aliphatic carbocycles. The number of nitrogens with zero attached hydrogens (tertiary/aromatic N) is 1. The van der Waals surface area contributed by atoms with Crippen LogP contribution in [0.3, 0.4) is 0 Å². The van der Waals surface area contributed by atoms with E-state index in [4.69, 9.17) is 9.47 Å². The Morgan fingerprint density at radius 1 is 1.27 bits per heavy atom. The molecular formula is C18H21N3O5. The Balaban J connectivity index is 1.43. The van der Waals surface area contributed by atoms with Crippen LogP contribution < -0.4 is 15.4 Å². The minimum absolute atomic E-state index is 0.151. The summed E-state index contributed by atoms with van der Waals surface area (Å²) in [6.45, 7) is 2.99. The van der Waals surface area contributed by atoms with E-state index in [2.05, 4.69) is 10.6 Å². The molecule has 3 aliphatic rings. The Bertz CT molecular complexity index is 744. The summed E-state index contributed by atoms with van der Waals surface area (Å²) in [5.74, 6) is -0.175. The van der Waals surface area contributed by atoms with Crippen molar-refractivity contribution in [3.63, 3.8) is 0 Å². The fourth-order valence-electron chi connectivity index (χ4n) is 3.56. The van der Waals surface area contributed by atoms with Gasteiger partial charge in [0.2, 0.25) is 11.8 Å². The maximum atomic E-state index is 12.6. The van der Waals surface area contributed by atoms with Crippen LogP contribution >= 0.6 is 0 Å². The van der Waals surface area contributed by atoms with Crippen LogP contribution in [0.2, 0.25) is 0 Å². The summed E-state index contributed by atoms with van der Waals surface area (Å²) in [6.07, 6.45) is 0.614. The lowest BCUT2D eigenvalue weighted by atomic mass is 10.0. The number of imide groups is 1. The first-order valence-electron chi connectivity index (χ1n) is 8.83.